The Hall–Kier alpha value is -2.82. The number of aliphatic hydroxyl groups is 2. The molecule has 0 amide bonds. The van der Waals surface area contributed by atoms with Crippen LogP contribution in [0.15, 0.2) is 18.2 Å². The van der Waals surface area contributed by atoms with Crippen LogP contribution in [0.4, 0.5) is 0 Å². The first-order valence-corrected chi connectivity index (χ1v) is 9.00. The first kappa shape index (κ1) is 18.5. The van der Waals surface area contributed by atoms with Crippen molar-refractivity contribution in [3.8, 4) is 18.1 Å². The SMILES string of the molecule is C#CC1C(=O)C[C@@H]2[C@@H](O)[C@H]3C(C(=O)c4c(O)cccc4[C@@H]3C)C(=O)[C@]2(O)C1=O. The third kappa shape index (κ3) is 2.02. The molecule has 1 aromatic carbocycles. The van der Waals surface area contributed by atoms with Crippen LogP contribution in [0.25, 0.3) is 0 Å². The van der Waals surface area contributed by atoms with E-state index in [1.165, 1.54) is 6.07 Å². The molecule has 0 bridgehead atoms. The van der Waals surface area contributed by atoms with Crippen molar-refractivity contribution < 1.29 is 34.5 Å². The molecule has 7 nitrogen and oxygen atoms in total. The molecule has 2 fully saturated rings. The molecule has 0 saturated heterocycles. The molecule has 0 spiro atoms. The van der Waals surface area contributed by atoms with Gasteiger partial charge in [-0.2, -0.15) is 0 Å². The lowest BCUT2D eigenvalue weighted by atomic mass is 9.51. The van der Waals surface area contributed by atoms with Crippen molar-refractivity contribution in [1.82, 2.24) is 0 Å². The van der Waals surface area contributed by atoms with E-state index >= 15 is 0 Å². The molecule has 7 atom stereocenters. The van der Waals surface area contributed by atoms with Crippen LogP contribution < -0.4 is 0 Å². The van der Waals surface area contributed by atoms with Gasteiger partial charge in [-0.1, -0.05) is 25.0 Å². The average molecular weight is 382 g/mol. The summed E-state index contributed by atoms with van der Waals surface area (Å²) < 4.78 is 0. The van der Waals surface area contributed by atoms with Crippen molar-refractivity contribution in [2.45, 2.75) is 31.0 Å². The lowest BCUT2D eigenvalue weighted by Gasteiger charge is -2.52. The largest absolute Gasteiger partial charge is 0.507 e. The molecular weight excluding hydrogens is 364 g/mol. The summed E-state index contributed by atoms with van der Waals surface area (Å²) in [6.07, 6.45) is 3.35. The standard InChI is InChI=1S/C21H18O7/c1-3-9-13(23)7-11-17(24)14-8(2)10-5-4-6-12(22)15(10)18(25)16(14)20(27)21(11,28)19(9)26/h1,4-6,8-9,11,14,16-17,22,24,28H,7H2,2H3/t8-,9?,11+,14+,16?,17+,21+/m0/s1. The van der Waals surface area contributed by atoms with Crippen molar-refractivity contribution in [3.63, 3.8) is 0 Å². The van der Waals surface area contributed by atoms with Crippen LogP contribution >= 0.6 is 0 Å². The summed E-state index contributed by atoms with van der Waals surface area (Å²) in [4.78, 5) is 51.3. The zero-order valence-electron chi connectivity index (χ0n) is 15.0. The Kier molecular flexibility index (Phi) is 3.86. The number of hydrogen-bond acceptors (Lipinski definition) is 7. The highest BCUT2D eigenvalue weighted by atomic mass is 16.3. The van der Waals surface area contributed by atoms with Gasteiger partial charge in [0.05, 0.1) is 17.6 Å². The smallest absolute Gasteiger partial charge is 0.194 e. The van der Waals surface area contributed by atoms with Crippen molar-refractivity contribution in [3.05, 3.63) is 29.3 Å². The molecule has 3 aliphatic carbocycles. The van der Waals surface area contributed by atoms with Crippen LogP contribution in [0.2, 0.25) is 0 Å². The summed E-state index contributed by atoms with van der Waals surface area (Å²) in [5, 5.41) is 32.2. The molecule has 1 aromatic rings. The Morgan fingerprint density at radius 2 is 1.86 bits per heavy atom. The zero-order valence-corrected chi connectivity index (χ0v) is 15.0. The predicted molar refractivity (Wildman–Crippen MR) is 94.2 cm³/mol. The monoisotopic (exact) mass is 382 g/mol. The van der Waals surface area contributed by atoms with Crippen molar-refractivity contribution in [1.29, 1.82) is 0 Å². The van der Waals surface area contributed by atoms with E-state index in [0.717, 1.165) is 0 Å². The van der Waals surface area contributed by atoms with Gasteiger partial charge >= 0.3 is 0 Å². The normalized spacial score (nSPS) is 39.6. The number of fused-ring (bicyclic) bond motifs is 3. The fourth-order valence-corrected chi connectivity index (χ4v) is 5.20. The van der Waals surface area contributed by atoms with Crippen molar-refractivity contribution >= 4 is 23.1 Å². The maximum atomic E-state index is 13.3. The fraction of sp³-hybridized carbons (Fsp3) is 0.429. The van der Waals surface area contributed by atoms with E-state index in [2.05, 4.69) is 0 Å². The van der Waals surface area contributed by atoms with Gasteiger partial charge in [-0.25, -0.2) is 0 Å². The average Bonchev–Trinajstić information content (AvgIpc) is 2.65. The number of terminal acetylenes is 1. The summed E-state index contributed by atoms with van der Waals surface area (Å²) in [6, 6.07) is 4.48. The Morgan fingerprint density at radius 1 is 1.18 bits per heavy atom. The van der Waals surface area contributed by atoms with Gasteiger partial charge in [0.1, 0.15) is 11.7 Å². The van der Waals surface area contributed by atoms with E-state index in [1.54, 1.807) is 19.1 Å². The van der Waals surface area contributed by atoms with Crippen molar-refractivity contribution in [2.24, 2.45) is 23.7 Å². The van der Waals surface area contributed by atoms with Crippen LogP contribution in [-0.4, -0.2) is 50.2 Å². The van der Waals surface area contributed by atoms with Crippen LogP contribution in [-0.2, 0) is 14.4 Å². The van der Waals surface area contributed by atoms with Crippen LogP contribution in [0.5, 0.6) is 5.75 Å². The highest BCUT2D eigenvalue weighted by Gasteiger charge is 2.69. The molecule has 2 saturated carbocycles. The van der Waals surface area contributed by atoms with Crippen LogP contribution in [0.3, 0.4) is 0 Å². The number of carbonyl (C=O) groups excluding carboxylic acids is 4. The maximum Gasteiger partial charge on any atom is 0.194 e. The quantitative estimate of drug-likeness (QED) is 0.426. The third-order valence-corrected chi connectivity index (χ3v) is 6.61. The molecule has 3 aliphatic rings. The minimum Gasteiger partial charge on any atom is -0.507 e. The number of phenolic OH excluding ortho intramolecular Hbond substituents is 1. The molecule has 0 heterocycles. The second-order valence-corrected chi connectivity index (χ2v) is 7.81. The summed E-state index contributed by atoms with van der Waals surface area (Å²) in [7, 11) is 0. The van der Waals surface area contributed by atoms with Gasteiger partial charge < -0.3 is 15.3 Å². The minimum atomic E-state index is -2.71. The van der Waals surface area contributed by atoms with Gasteiger partial charge in [0.15, 0.2) is 28.7 Å². The molecular formula is C21H18O7. The Bertz CT molecular complexity index is 987. The number of aliphatic hydroxyl groups excluding tert-OH is 1. The van der Waals surface area contributed by atoms with Gasteiger partial charge in [-0.15, -0.1) is 6.42 Å². The zero-order chi connectivity index (χ0) is 20.5. The molecule has 3 N–H and O–H groups in total. The predicted octanol–water partition coefficient (Wildman–Crippen LogP) is 0.00660. The van der Waals surface area contributed by atoms with E-state index in [9.17, 15) is 34.5 Å². The second kappa shape index (κ2) is 5.84. The van der Waals surface area contributed by atoms with E-state index in [4.69, 9.17) is 6.42 Å². The van der Waals surface area contributed by atoms with E-state index < -0.39 is 70.8 Å². The molecule has 0 radical (unpaired) electrons. The third-order valence-electron chi connectivity index (χ3n) is 6.61. The first-order valence-electron chi connectivity index (χ1n) is 9.00. The maximum absolute atomic E-state index is 13.3. The number of hydrogen-bond donors (Lipinski definition) is 3. The van der Waals surface area contributed by atoms with Gasteiger partial charge in [0.2, 0.25) is 0 Å². The molecule has 28 heavy (non-hydrogen) atoms. The number of benzene rings is 1. The van der Waals surface area contributed by atoms with Crippen molar-refractivity contribution in [2.75, 3.05) is 0 Å². The van der Waals surface area contributed by atoms with Crippen LogP contribution in [0, 0.1) is 36.0 Å². The Labute approximate surface area is 160 Å². The van der Waals surface area contributed by atoms with Crippen LogP contribution in [0.1, 0.15) is 35.2 Å². The highest BCUT2D eigenvalue weighted by molar-refractivity contribution is 6.27. The Morgan fingerprint density at radius 3 is 2.50 bits per heavy atom. The highest BCUT2D eigenvalue weighted by Crippen LogP contribution is 2.53. The van der Waals surface area contributed by atoms with E-state index in [0.29, 0.717) is 5.56 Å². The minimum absolute atomic E-state index is 0.0494. The van der Waals surface area contributed by atoms with Gasteiger partial charge in [-0.3, -0.25) is 19.2 Å². The van der Waals surface area contributed by atoms with Gasteiger partial charge in [-0.05, 0) is 17.5 Å². The van der Waals surface area contributed by atoms with E-state index in [-0.39, 0.29) is 11.3 Å². The first-order chi connectivity index (χ1) is 13.2. The summed E-state index contributed by atoms with van der Waals surface area (Å²) in [5.74, 6) is -7.85. The Balaban J connectivity index is 1.91. The number of aromatic hydroxyl groups is 1. The molecule has 0 aromatic heterocycles. The molecule has 144 valence electrons. The fourth-order valence-electron chi connectivity index (χ4n) is 5.20. The molecule has 2 unspecified atom stereocenters. The summed E-state index contributed by atoms with van der Waals surface area (Å²) in [6.45, 7) is 1.69. The number of Topliss-reactive ketones (excluding diaryl/α,β-unsaturated/α-hetero) is 4. The summed E-state index contributed by atoms with van der Waals surface area (Å²) >= 11 is 0. The molecule has 4 rings (SSSR count). The second-order valence-electron chi connectivity index (χ2n) is 7.81. The van der Waals surface area contributed by atoms with Gasteiger partial charge in [0.25, 0.3) is 0 Å². The lowest BCUT2D eigenvalue weighted by Crippen LogP contribution is -2.71. The summed E-state index contributed by atoms with van der Waals surface area (Å²) in [5.41, 5.74) is -2.28. The van der Waals surface area contributed by atoms with Gasteiger partial charge in [0, 0.05) is 18.3 Å². The number of phenols is 1. The lowest BCUT2D eigenvalue weighted by molar-refractivity contribution is -0.187. The number of rotatable bonds is 0. The van der Waals surface area contributed by atoms with E-state index in [1.807, 2.05) is 5.92 Å². The molecule has 0 aliphatic heterocycles. The topological polar surface area (TPSA) is 129 Å². The number of carbonyl (C=O) groups is 4. The number of ketones is 4. The molecule has 7 heteroatoms.